The first-order valence-electron chi connectivity index (χ1n) is 6.84. The second-order valence-electron chi connectivity index (χ2n) is 4.93. The molecule has 118 valence electrons. The molecule has 0 radical (unpaired) electrons. The molecule has 0 aliphatic carbocycles. The van der Waals surface area contributed by atoms with E-state index in [1.54, 1.807) is 0 Å². The van der Waals surface area contributed by atoms with E-state index >= 15 is 0 Å². The van der Waals surface area contributed by atoms with E-state index in [1.165, 1.54) is 22.8 Å². The highest BCUT2D eigenvalue weighted by Crippen LogP contribution is 2.24. The second-order valence-corrected chi connectivity index (χ2v) is 6.92. The van der Waals surface area contributed by atoms with Crippen LogP contribution in [0.3, 0.4) is 0 Å². The maximum absolute atomic E-state index is 12.5. The summed E-state index contributed by atoms with van der Waals surface area (Å²) in [7, 11) is -0.852. The summed E-state index contributed by atoms with van der Waals surface area (Å²) in [6.45, 7) is 0.537. The molecule has 0 aromatic heterocycles. The Balaban J connectivity index is 2.71. The highest BCUT2D eigenvalue weighted by atomic mass is 32.2. The van der Waals surface area contributed by atoms with Crippen molar-refractivity contribution in [3.63, 3.8) is 0 Å². The third-order valence-electron chi connectivity index (χ3n) is 3.58. The predicted molar refractivity (Wildman–Crippen MR) is 74.2 cm³/mol. The zero-order valence-corrected chi connectivity index (χ0v) is 12.9. The number of carbonyl (C=O) groups is 1. The first kappa shape index (κ1) is 17.4. The molecule has 20 heavy (non-hydrogen) atoms. The molecule has 0 bridgehead atoms. The average molecular weight is 308 g/mol. The van der Waals surface area contributed by atoms with Gasteiger partial charge < -0.3 is 9.84 Å². The summed E-state index contributed by atoms with van der Waals surface area (Å²) in [5.41, 5.74) is 0. The van der Waals surface area contributed by atoms with Crippen molar-refractivity contribution in [3.8, 4) is 0 Å². The van der Waals surface area contributed by atoms with Gasteiger partial charge in [0.15, 0.2) is 0 Å². The zero-order chi connectivity index (χ0) is 15.2. The lowest BCUT2D eigenvalue weighted by molar-refractivity contribution is -0.140. The quantitative estimate of drug-likeness (QED) is 0.667. The lowest BCUT2D eigenvalue weighted by Gasteiger charge is -2.36. The third kappa shape index (κ3) is 4.41. The van der Waals surface area contributed by atoms with Gasteiger partial charge in [0.1, 0.15) is 0 Å². The molecule has 0 amide bonds. The smallest absolute Gasteiger partial charge is 0.306 e. The maximum Gasteiger partial charge on any atom is 0.306 e. The van der Waals surface area contributed by atoms with E-state index in [0.29, 0.717) is 13.0 Å². The van der Waals surface area contributed by atoms with Crippen LogP contribution in [0.2, 0.25) is 0 Å². The lowest BCUT2D eigenvalue weighted by atomic mass is 10.0. The van der Waals surface area contributed by atoms with Crippen LogP contribution in [0.25, 0.3) is 0 Å². The number of aliphatic hydroxyl groups excluding tert-OH is 1. The fourth-order valence-corrected chi connectivity index (χ4v) is 3.99. The number of aliphatic hydroxyl groups is 1. The number of ether oxygens (including phenoxy) is 1. The zero-order valence-electron chi connectivity index (χ0n) is 12.1. The van der Waals surface area contributed by atoms with Crippen LogP contribution in [0.5, 0.6) is 0 Å². The van der Waals surface area contributed by atoms with Crippen molar-refractivity contribution in [2.45, 2.75) is 38.1 Å². The highest BCUT2D eigenvalue weighted by molar-refractivity contribution is 7.86. The number of carbonyl (C=O) groups excluding carboxylic acids is 1. The van der Waals surface area contributed by atoms with Crippen molar-refractivity contribution in [1.82, 2.24) is 8.61 Å². The van der Waals surface area contributed by atoms with Gasteiger partial charge in [-0.1, -0.05) is 6.42 Å². The molecule has 1 fully saturated rings. The SMILES string of the molecule is COC(=O)CCN(C)S(=O)(=O)N1CCCCC1CCO. The van der Waals surface area contributed by atoms with E-state index in [4.69, 9.17) is 5.11 Å². The fraction of sp³-hybridized carbons (Fsp3) is 0.917. The molecule has 1 aliphatic rings. The van der Waals surface area contributed by atoms with Gasteiger partial charge in [-0.25, -0.2) is 0 Å². The van der Waals surface area contributed by atoms with Crippen molar-refractivity contribution in [3.05, 3.63) is 0 Å². The first-order valence-corrected chi connectivity index (χ1v) is 8.24. The number of nitrogens with zero attached hydrogens (tertiary/aromatic N) is 2. The molecule has 0 aromatic carbocycles. The number of methoxy groups -OCH3 is 1. The molecule has 0 saturated carbocycles. The van der Waals surface area contributed by atoms with Crippen LogP contribution in [-0.2, 0) is 19.7 Å². The monoisotopic (exact) mass is 308 g/mol. The normalized spacial score (nSPS) is 21.1. The Morgan fingerprint density at radius 1 is 1.45 bits per heavy atom. The van der Waals surface area contributed by atoms with Gasteiger partial charge >= 0.3 is 5.97 Å². The molecule has 1 unspecified atom stereocenters. The van der Waals surface area contributed by atoms with Crippen molar-refractivity contribution in [2.24, 2.45) is 0 Å². The summed E-state index contributed by atoms with van der Waals surface area (Å²) in [5.74, 6) is -0.433. The van der Waals surface area contributed by atoms with E-state index in [9.17, 15) is 13.2 Å². The Kier molecular flexibility index (Phi) is 6.87. The van der Waals surface area contributed by atoms with Gasteiger partial charge in [-0.15, -0.1) is 0 Å². The van der Waals surface area contributed by atoms with Gasteiger partial charge in [0, 0.05) is 32.8 Å². The highest BCUT2D eigenvalue weighted by Gasteiger charge is 2.34. The van der Waals surface area contributed by atoms with Gasteiger partial charge in [-0.3, -0.25) is 4.79 Å². The van der Waals surface area contributed by atoms with E-state index < -0.39 is 16.2 Å². The minimum absolute atomic E-state index is 0.0252. The van der Waals surface area contributed by atoms with Crippen LogP contribution >= 0.6 is 0 Å². The molecule has 1 atom stereocenters. The van der Waals surface area contributed by atoms with E-state index in [2.05, 4.69) is 4.74 Å². The van der Waals surface area contributed by atoms with Gasteiger partial charge in [-0.05, 0) is 19.3 Å². The maximum atomic E-state index is 12.5. The standard InChI is InChI=1S/C12H24N2O5S/c1-13(9-6-12(16)19-2)20(17,18)14-8-4-3-5-11(14)7-10-15/h11,15H,3-10H2,1-2H3. The van der Waals surface area contributed by atoms with E-state index in [-0.39, 0.29) is 25.6 Å². The van der Waals surface area contributed by atoms with Crippen LogP contribution in [0.15, 0.2) is 0 Å². The molecule has 1 heterocycles. The Hall–Kier alpha value is -0.700. The Morgan fingerprint density at radius 3 is 2.75 bits per heavy atom. The van der Waals surface area contributed by atoms with Crippen molar-refractivity contribution in [1.29, 1.82) is 0 Å². The Labute approximate surface area is 120 Å². The number of esters is 1. The van der Waals surface area contributed by atoms with Crippen LogP contribution in [0.4, 0.5) is 0 Å². The third-order valence-corrected chi connectivity index (χ3v) is 5.63. The molecule has 1 saturated heterocycles. The topological polar surface area (TPSA) is 87.2 Å². The summed E-state index contributed by atoms with van der Waals surface area (Å²) >= 11 is 0. The Bertz CT molecular complexity index is 410. The molecule has 1 N–H and O–H groups in total. The summed E-state index contributed by atoms with van der Waals surface area (Å²) in [5, 5.41) is 9.05. The second kappa shape index (κ2) is 7.92. The number of hydrogen-bond acceptors (Lipinski definition) is 5. The minimum atomic E-state index is -3.59. The van der Waals surface area contributed by atoms with Gasteiger partial charge in [0.05, 0.1) is 13.5 Å². The first-order chi connectivity index (χ1) is 9.43. The van der Waals surface area contributed by atoms with Crippen LogP contribution in [0, 0.1) is 0 Å². The summed E-state index contributed by atoms with van der Waals surface area (Å²) in [6.07, 6.45) is 3.05. The average Bonchev–Trinajstić information content (AvgIpc) is 2.45. The molecular weight excluding hydrogens is 284 g/mol. The molecule has 0 aromatic rings. The van der Waals surface area contributed by atoms with Crippen LogP contribution in [-0.4, -0.2) is 68.0 Å². The van der Waals surface area contributed by atoms with Crippen molar-refractivity contribution < 1.29 is 23.1 Å². The number of hydrogen-bond donors (Lipinski definition) is 1. The molecule has 8 heteroatoms. The van der Waals surface area contributed by atoms with Gasteiger partial charge in [0.2, 0.25) is 0 Å². The molecule has 1 rings (SSSR count). The Morgan fingerprint density at radius 2 is 2.15 bits per heavy atom. The molecule has 0 spiro atoms. The fourth-order valence-electron chi connectivity index (χ4n) is 2.36. The number of piperidine rings is 1. The molecular formula is C12H24N2O5S. The van der Waals surface area contributed by atoms with Crippen molar-refractivity contribution in [2.75, 3.05) is 33.9 Å². The predicted octanol–water partition coefficient (Wildman–Crippen LogP) is -0.0370. The largest absolute Gasteiger partial charge is 0.469 e. The van der Waals surface area contributed by atoms with Crippen LogP contribution < -0.4 is 0 Å². The minimum Gasteiger partial charge on any atom is -0.469 e. The van der Waals surface area contributed by atoms with Crippen LogP contribution in [0.1, 0.15) is 32.1 Å². The van der Waals surface area contributed by atoms with E-state index in [1.807, 2.05) is 0 Å². The molecule has 7 nitrogen and oxygen atoms in total. The molecule has 1 aliphatic heterocycles. The van der Waals surface area contributed by atoms with Gasteiger partial charge in [-0.2, -0.15) is 17.0 Å². The van der Waals surface area contributed by atoms with Gasteiger partial charge in [0.25, 0.3) is 10.2 Å². The number of rotatable bonds is 7. The summed E-state index contributed by atoms with van der Waals surface area (Å²) in [6, 6.07) is -0.153. The van der Waals surface area contributed by atoms with Crippen molar-refractivity contribution >= 4 is 16.2 Å². The lowest BCUT2D eigenvalue weighted by Crippen LogP contribution is -2.50. The van der Waals surface area contributed by atoms with E-state index in [0.717, 1.165) is 19.3 Å². The summed E-state index contributed by atoms with van der Waals surface area (Å²) < 4.78 is 32.1. The summed E-state index contributed by atoms with van der Waals surface area (Å²) in [4.78, 5) is 11.1.